The van der Waals surface area contributed by atoms with E-state index in [0.29, 0.717) is 0 Å². The van der Waals surface area contributed by atoms with Gasteiger partial charge >= 0.3 is 42.0 Å². The standard InChI is InChI=1S/C4H6O4.Na.H/c1-3(6)4(7)8-2-5;;/h2-3,6H,1H3;;/q;+1;-1. The second-order valence-corrected chi connectivity index (χ2v) is 1.21. The summed E-state index contributed by atoms with van der Waals surface area (Å²) in [7, 11) is 0. The van der Waals surface area contributed by atoms with Crippen LogP contribution in [0.3, 0.4) is 0 Å². The van der Waals surface area contributed by atoms with E-state index in [1.807, 2.05) is 0 Å². The molecule has 1 atom stereocenters. The molecule has 0 spiro atoms. The largest absolute Gasteiger partial charge is 1.00 e. The van der Waals surface area contributed by atoms with Crippen molar-refractivity contribution >= 4 is 12.4 Å². The van der Waals surface area contributed by atoms with Gasteiger partial charge in [0.1, 0.15) is 6.10 Å². The molecule has 0 fully saturated rings. The summed E-state index contributed by atoms with van der Waals surface area (Å²) in [6.45, 7) is 1.20. The maximum atomic E-state index is 10.0. The monoisotopic (exact) mass is 142 g/mol. The van der Waals surface area contributed by atoms with Crippen LogP contribution in [0.5, 0.6) is 0 Å². The number of esters is 1. The van der Waals surface area contributed by atoms with Crippen LogP contribution < -0.4 is 29.6 Å². The molecule has 0 saturated heterocycles. The van der Waals surface area contributed by atoms with Crippen molar-refractivity contribution in [2.75, 3.05) is 0 Å². The van der Waals surface area contributed by atoms with Crippen molar-refractivity contribution < 1.29 is 50.4 Å². The molecule has 0 bridgehead atoms. The molecule has 0 amide bonds. The van der Waals surface area contributed by atoms with Gasteiger partial charge in [-0.15, -0.1) is 0 Å². The first-order valence-electron chi connectivity index (χ1n) is 2.00. The van der Waals surface area contributed by atoms with Gasteiger partial charge in [0, 0.05) is 0 Å². The topological polar surface area (TPSA) is 63.6 Å². The van der Waals surface area contributed by atoms with E-state index in [2.05, 4.69) is 4.74 Å². The van der Waals surface area contributed by atoms with Crippen molar-refractivity contribution in [3.05, 3.63) is 0 Å². The van der Waals surface area contributed by atoms with E-state index in [0.717, 1.165) is 0 Å². The fourth-order valence-corrected chi connectivity index (χ4v) is 0.146. The SMILES string of the molecule is CC(O)C(=O)OC=O.[H-].[Na+]. The Balaban J connectivity index is -0.000000245. The molecule has 0 aromatic rings. The predicted molar refractivity (Wildman–Crippen MR) is 24.9 cm³/mol. The fourth-order valence-electron chi connectivity index (χ4n) is 0.146. The molecular weight excluding hydrogens is 135 g/mol. The van der Waals surface area contributed by atoms with E-state index in [1.54, 1.807) is 0 Å². The molecule has 48 valence electrons. The van der Waals surface area contributed by atoms with Crippen molar-refractivity contribution in [2.24, 2.45) is 0 Å². The van der Waals surface area contributed by atoms with Gasteiger partial charge in [0.2, 0.25) is 0 Å². The summed E-state index contributed by atoms with van der Waals surface area (Å²) in [5.41, 5.74) is 0. The smallest absolute Gasteiger partial charge is 1.00 e. The van der Waals surface area contributed by atoms with Gasteiger partial charge in [-0.3, -0.25) is 4.79 Å². The number of aliphatic hydroxyl groups is 1. The maximum Gasteiger partial charge on any atom is 1.00 e. The molecular formula is C4H7NaO4. The minimum Gasteiger partial charge on any atom is -1.00 e. The molecule has 0 radical (unpaired) electrons. The summed E-state index contributed by atoms with van der Waals surface area (Å²) in [6, 6.07) is 0. The molecule has 5 heteroatoms. The molecule has 0 saturated carbocycles. The van der Waals surface area contributed by atoms with Crippen molar-refractivity contribution in [1.29, 1.82) is 0 Å². The first-order chi connectivity index (χ1) is 3.68. The van der Waals surface area contributed by atoms with Crippen LogP contribution in [0.4, 0.5) is 0 Å². The minimum atomic E-state index is -1.22. The van der Waals surface area contributed by atoms with Crippen LogP contribution in [0.2, 0.25) is 0 Å². The molecule has 1 N–H and O–H groups in total. The van der Waals surface area contributed by atoms with Crippen LogP contribution in [0.1, 0.15) is 8.35 Å². The van der Waals surface area contributed by atoms with Crippen molar-refractivity contribution in [2.45, 2.75) is 13.0 Å². The van der Waals surface area contributed by atoms with Crippen LogP contribution in [-0.2, 0) is 14.3 Å². The summed E-state index contributed by atoms with van der Waals surface area (Å²) in [5.74, 6) is -0.931. The molecule has 1 unspecified atom stereocenters. The van der Waals surface area contributed by atoms with E-state index in [1.165, 1.54) is 6.92 Å². The van der Waals surface area contributed by atoms with E-state index in [-0.39, 0.29) is 37.5 Å². The molecule has 0 heterocycles. The summed E-state index contributed by atoms with van der Waals surface area (Å²) in [6.07, 6.45) is -1.22. The number of carbonyl (C=O) groups excluding carboxylic acids is 2. The van der Waals surface area contributed by atoms with Crippen molar-refractivity contribution in [3.63, 3.8) is 0 Å². The van der Waals surface area contributed by atoms with Gasteiger partial charge < -0.3 is 11.3 Å². The van der Waals surface area contributed by atoms with Gasteiger partial charge in [0.05, 0.1) is 0 Å². The molecule has 4 nitrogen and oxygen atoms in total. The Bertz CT molecular complexity index is 105. The Kier molecular flexibility index (Phi) is 8.19. The number of aliphatic hydroxyl groups excluding tert-OH is 1. The predicted octanol–water partition coefficient (Wildman–Crippen LogP) is -3.82. The van der Waals surface area contributed by atoms with Crippen molar-refractivity contribution in [3.8, 4) is 0 Å². The normalized spacial score (nSPS) is 10.9. The van der Waals surface area contributed by atoms with Crippen LogP contribution >= 0.6 is 0 Å². The molecule has 0 aliphatic rings. The average Bonchev–Trinajstić information content (AvgIpc) is 1.67. The number of ether oxygens (including phenoxy) is 1. The number of hydrogen-bond donors (Lipinski definition) is 1. The number of rotatable bonds is 2. The van der Waals surface area contributed by atoms with E-state index >= 15 is 0 Å². The quantitative estimate of drug-likeness (QED) is 0.186. The first-order valence-corrected chi connectivity index (χ1v) is 2.00. The van der Waals surface area contributed by atoms with E-state index in [4.69, 9.17) is 5.11 Å². The minimum absolute atomic E-state index is 0. The Morgan fingerprint density at radius 2 is 2.33 bits per heavy atom. The third-order valence-corrected chi connectivity index (χ3v) is 0.505. The molecule has 0 aliphatic carbocycles. The fraction of sp³-hybridized carbons (Fsp3) is 0.500. The Morgan fingerprint density at radius 3 is 2.44 bits per heavy atom. The van der Waals surface area contributed by atoms with Gasteiger partial charge in [-0.25, -0.2) is 4.79 Å². The second-order valence-electron chi connectivity index (χ2n) is 1.21. The molecule has 0 aromatic heterocycles. The van der Waals surface area contributed by atoms with Crippen LogP contribution in [-0.4, -0.2) is 23.7 Å². The van der Waals surface area contributed by atoms with Gasteiger partial charge in [0.25, 0.3) is 0 Å². The second kappa shape index (κ2) is 6.22. The van der Waals surface area contributed by atoms with Crippen LogP contribution in [0, 0.1) is 0 Å². The van der Waals surface area contributed by atoms with E-state index < -0.39 is 12.1 Å². The number of carbonyl (C=O) groups is 2. The van der Waals surface area contributed by atoms with Crippen LogP contribution in [0.25, 0.3) is 0 Å². The van der Waals surface area contributed by atoms with Gasteiger partial charge in [0.15, 0.2) is 0 Å². The third-order valence-electron chi connectivity index (χ3n) is 0.505. The molecule has 0 aromatic carbocycles. The van der Waals surface area contributed by atoms with Crippen LogP contribution in [0.15, 0.2) is 0 Å². The molecule has 0 aliphatic heterocycles. The zero-order valence-electron chi connectivity index (χ0n) is 6.33. The van der Waals surface area contributed by atoms with Gasteiger partial charge in [-0.1, -0.05) is 0 Å². The van der Waals surface area contributed by atoms with Gasteiger partial charge in [-0.2, -0.15) is 0 Å². The van der Waals surface area contributed by atoms with Crippen molar-refractivity contribution in [1.82, 2.24) is 0 Å². The zero-order chi connectivity index (χ0) is 6.57. The summed E-state index contributed by atoms with van der Waals surface area (Å²) < 4.78 is 3.73. The Morgan fingerprint density at radius 1 is 1.89 bits per heavy atom. The Hall–Kier alpha value is 0.1000. The molecule has 0 rings (SSSR count). The number of hydrogen-bond acceptors (Lipinski definition) is 4. The maximum absolute atomic E-state index is 10.0. The first kappa shape index (κ1) is 11.8. The van der Waals surface area contributed by atoms with Gasteiger partial charge in [-0.05, 0) is 6.92 Å². The summed E-state index contributed by atoms with van der Waals surface area (Å²) in [5, 5.41) is 8.32. The summed E-state index contributed by atoms with van der Waals surface area (Å²) in [4.78, 5) is 19.4. The zero-order valence-corrected chi connectivity index (χ0v) is 7.33. The van der Waals surface area contributed by atoms with E-state index in [9.17, 15) is 9.59 Å². The Labute approximate surface area is 76.0 Å². The summed E-state index contributed by atoms with van der Waals surface area (Å²) >= 11 is 0. The average molecular weight is 142 g/mol. The third kappa shape index (κ3) is 5.98. The molecule has 9 heavy (non-hydrogen) atoms.